The number of halogens is 1. The Kier molecular flexibility index (Phi) is 3.13. The first-order valence-electron chi connectivity index (χ1n) is 4.35. The van der Waals surface area contributed by atoms with Crippen LogP contribution in [0.15, 0.2) is 24.5 Å². The fourth-order valence-corrected chi connectivity index (χ4v) is 2.07. The molecule has 0 atom stereocenters. The molecule has 2 aromatic heterocycles. The van der Waals surface area contributed by atoms with Crippen molar-refractivity contribution in [2.45, 2.75) is 6.54 Å². The van der Waals surface area contributed by atoms with Gasteiger partial charge in [0.2, 0.25) is 0 Å². The molecule has 15 heavy (non-hydrogen) atoms. The van der Waals surface area contributed by atoms with Crippen LogP contribution in [0, 0.1) is 0 Å². The molecule has 0 N–H and O–H groups in total. The second-order valence-electron chi connectivity index (χ2n) is 3.10. The molecular formula is C9H9ClN4S. The van der Waals surface area contributed by atoms with Crippen LogP contribution >= 0.6 is 23.3 Å². The van der Waals surface area contributed by atoms with E-state index < -0.39 is 0 Å². The van der Waals surface area contributed by atoms with Crippen LogP contribution in [0.2, 0.25) is 5.15 Å². The molecule has 0 aliphatic heterocycles. The summed E-state index contributed by atoms with van der Waals surface area (Å²) >= 11 is 7.00. The molecule has 0 radical (unpaired) electrons. The third-order valence-electron chi connectivity index (χ3n) is 1.94. The smallest absolute Gasteiger partial charge is 0.187 e. The maximum absolute atomic E-state index is 5.88. The fraction of sp³-hybridized carbons (Fsp3) is 0.222. The molecule has 2 rings (SSSR count). The topological polar surface area (TPSA) is 41.9 Å². The molecule has 4 nitrogen and oxygen atoms in total. The van der Waals surface area contributed by atoms with E-state index in [4.69, 9.17) is 11.6 Å². The molecule has 0 saturated heterocycles. The number of hydrogen-bond donors (Lipinski definition) is 0. The number of pyridine rings is 1. The van der Waals surface area contributed by atoms with Crippen LogP contribution in [-0.4, -0.2) is 20.8 Å². The van der Waals surface area contributed by atoms with Crippen molar-refractivity contribution in [3.63, 3.8) is 0 Å². The molecule has 2 heterocycles. The van der Waals surface area contributed by atoms with Gasteiger partial charge in [0.25, 0.3) is 0 Å². The highest BCUT2D eigenvalue weighted by Gasteiger charge is 2.10. The summed E-state index contributed by atoms with van der Waals surface area (Å²) in [5.74, 6) is 0.713. The second kappa shape index (κ2) is 4.55. The van der Waals surface area contributed by atoms with Crippen molar-refractivity contribution in [2.75, 3.05) is 11.9 Å². The zero-order valence-corrected chi connectivity index (χ0v) is 9.66. The van der Waals surface area contributed by atoms with Crippen LogP contribution in [0.4, 0.5) is 5.82 Å². The van der Waals surface area contributed by atoms with Crippen molar-refractivity contribution in [3.05, 3.63) is 35.2 Å². The molecular weight excluding hydrogens is 232 g/mol. The lowest BCUT2D eigenvalue weighted by atomic mass is 10.3. The minimum atomic E-state index is 0.450. The Hall–Kier alpha value is -1.20. The number of hydrogen-bond acceptors (Lipinski definition) is 5. The molecule has 0 bridgehead atoms. The zero-order valence-electron chi connectivity index (χ0n) is 8.09. The fourth-order valence-electron chi connectivity index (χ4n) is 1.24. The maximum atomic E-state index is 5.88. The van der Waals surface area contributed by atoms with Gasteiger partial charge >= 0.3 is 0 Å². The SMILES string of the molecule is CN(Cc1cccnc1)c1nsnc1Cl. The zero-order chi connectivity index (χ0) is 10.7. The molecule has 6 heteroatoms. The van der Waals surface area contributed by atoms with Crippen molar-refractivity contribution in [1.82, 2.24) is 13.7 Å². The number of nitrogens with zero attached hydrogens (tertiary/aromatic N) is 4. The van der Waals surface area contributed by atoms with Crippen molar-refractivity contribution in [3.8, 4) is 0 Å². The first kappa shape index (κ1) is 10.3. The van der Waals surface area contributed by atoms with Crippen LogP contribution in [0.5, 0.6) is 0 Å². The Morgan fingerprint density at radius 3 is 2.93 bits per heavy atom. The van der Waals surface area contributed by atoms with E-state index in [1.165, 1.54) is 0 Å². The predicted octanol–water partition coefficient (Wildman–Crippen LogP) is 2.22. The summed E-state index contributed by atoms with van der Waals surface area (Å²) in [7, 11) is 1.93. The van der Waals surface area contributed by atoms with E-state index in [9.17, 15) is 0 Å². The first-order valence-corrected chi connectivity index (χ1v) is 5.46. The summed E-state index contributed by atoms with van der Waals surface area (Å²) in [6.45, 7) is 0.721. The quantitative estimate of drug-likeness (QED) is 0.825. The Balaban J connectivity index is 2.11. The summed E-state index contributed by atoms with van der Waals surface area (Å²) in [5.41, 5.74) is 1.11. The Bertz CT molecular complexity index is 431. The highest BCUT2D eigenvalue weighted by molar-refractivity contribution is 6.99. The van der Waals surface area contributed by atoms with Gasteiger partial charge in [-0.2, -0.15) is 8.75 Å². The highest BCUT2D eigenvalue weighted by atomic mass is 35.5. The minimum Gasteiger partial charge on any atom is -0.352 e. The summed E-state index contributed by atoms with van der Waals surface area (Å²) in [5, 5.41) is 0.450. The Labute approximate surface area is 96.9 Å². The second-order valence-corrected chi connectivity index (χ2v) is 3.98. The van der Waals surface area contributed by atoms with Crippen molar-refractivity contribution >= 4 is 29.1 Å². The first-order chi connectivity index (χ1) is 7.27. The van der Waals surface area contributed by atoms with Crippen LogP contribution in [0.1, 0.15) is 5.56 Å². The van der Waals surface area contributed by atoms with Gasteiger partial charge in [0.05, 0.1) is 11.7 Å². The van der Waals surface area contributed by atoms with E-state index in [0.717, 1.165) is 23.8 Å². The van der Waals surface area contributed by atoms with Gasteiger partial charge in [0.1, 0.15) is 0 Å². The van der Waals surface area contributed by atoms with Crippen molar-refractivity contribution in [1.29, 1.82) is 0 Å². The van der Waals surface area contributed by atoms with Gasteiger partial charge in [-0.25, -0.2) is 0 Å². The largest absolute Gasteiger partial charge is 0.352 e. The molecule has 78 valence electrons. The Morgan fingerprint density at radius 1 is 1.47 bits per heavy atom. The van der Waals surface area contributed by atoms with Crippen molar-refractivity contribution < 1.29 is 0 Å². The number of rotatable bonds is 3. The third-order valence-corrected chi connectivity index (χ3v) is 2.81. The van der Waals surface area contributed by atoms with Gasteiger partial charge in [-0.3, -0.25) is 4.98 Å². The molecule has 2 aromatic rings. The molecule has 0 aliphatic carbocycles. The lowest BCUT2D eigenvalue weighted by Crippen LogP contribution is -2.17. The van der Waals surface area contributed by atoms with E-state index in [-0.39, 0.29) is 0 Å². The maximum Gasteiger partial charge on any atom is 0.187 e. The third kappa shape index (κ3) is 2.43. The monoisotopic (exact) mass is 240 g/mol. The van der Waals surface area contributed by atoms with Gasteiger partial charge in [-0.15, -0.1) is 0 Å². The van der Waals surface area contributed by atoms with Gasteiger partial charge in [-0.05, 0) is 11.6 Å². The summed E-state index contributed by atoms with van der Waals surface area (Å²) in [4.78, 5) is 6.00. The minimum absolute atomic E-state index is 0.450. The molecule has 0 amide bonds. The molecule has 0 fully saturated rings. The van der Waals surface area contributed by atoms with Gasteiger partial charge < -0.3 is 4.90 Å². The lowest BCUT2D eigenvalue weighted by Gasteiger charge is -2.15. The molecule has 0 aliphatic rings. The van der Waals surface area contributed by atoms with E-state index in [1.807, 2.05) is 30.3 Å². The van der Waals surface area contributed by atoms with Gasteiger partial charge in [0.15, 0.2) is 11.0 Å². The summed E-state index contributed by atoms with van der Waals surface area (Å²) in [6, 6.07) is 3.92. The van der Waals surface area contributed by atoms with Crippen LogP contribution in [0.3, 0.4) is 0 Å². The van der Waals surface area contributed by atoms with Gasteiger partial charge in [0, 0.05) is 26.0 Å². The number of anilines is 1. The average molecular weight is 241 g/mol. The Morgan fingerprint density at radius 2 is 2.33 bits per heavy atom. The molecule has 0 spiro atoms. The van der Waals surface area contributed by atoms with Crippen LogP contribution in [0.25, 0.3) is 0 Å². The number of aromatic nitrogens is 3. The van der Waals surface area contributed by atoms with Crippen molar-refractivity contribution in [2.24, 2.45) is 0 Å². The van der Waals surface area contributed by atoms with E-state index in [1.54, 1.807) is 6.20 Å². The summed E-state index contributed by atoms with van der Waals surface area (Å²) in [6.07, 6.45) is 3.57. The normalized spacial score (nSPS) is 10.3. The molecule has 0 aromatic carbocycles. The van der Waals surface area contributed by atoms with Crippen LogP contribution < -0.4 is 4.90 Å². The molecule has 0 saturated carbocycles. The van der Waals surface area contributed by atoms with E-state index >= 15 is 0 Å². The molecule has 0 unspecified atom stereocenters. The van der Waals surface area contributed by atoms with Gasteiger partial charge in [-0.1, -0.05) is 17.7 Å². The average Bonchev–Trinajstić information content (AvgIpc) is 2.66. The van der Waals surface area contributed by atoms with E-state index in [2.05, 4.69) is 13.7 Å². The van der Waals surface area contributed by atoms with E-state index in [0.29, 0.717) is 11.0 Å². The standard InChI is InChI=1S/C9H9ClN4S/c1-14(9-8(10)12-15-13-9)6-7-3-2-4-11-5-7/h2-5H,6H2,1H3. The summed E-state index contributed by atoms with van der Waals surface area (Å²) < 4.78 is 8.03. The lowest BCUT2D eigenvalue weighted by molar-refractivity contribution is 0.901. The predicted molar refractivity (Wildman–Crippen MR) is 61.3 cm³/mol. The van der Waals surface area contributed by atoms with Crippen LogP contribution in [-0.2, 0) is 6.54 Å². The highest BCUT2D eigenvalue weighted by Crippen LogP contribution is 2.22.